The number of hydrogen-bond acceptors (Lipinski definition) is 2. The molecule has 2 rings (SSSR count). The van der Waals surface area contributed by atoms with E-state index in [-0.39, 0.29) is 0 Å². The standard InChI is InChI=1S/C17H25NO2/c1-3-15-8-4-5-12-18(15)17(19)11-10-14-7-6-9-16(13-14)20-2/h6-7,9,13,15H,3-5,8,10-12H2,1-2H3. The Hall–Kier alpha value is -1.51. The molecule has 110 valence electrons. The molecule has 1 aromatic rings. The van der Waals surface area contributed by atoms with Crippen molar-refractivity contribution in [3.8, 4) is 5.75 Å². The van der Waals surface area contributed by atoms with Crippen LogP contribution in [0.3, 0.4) is 0 Å². The number of benzene rings is 1. The van der Waals surface area contributed by atoms with Crippen LogP contribution in [0.2, 0.25) is 0 Å². The van der Waals surface area contributed by atoms with Gasteiger partial charge >= 0.3 is 0 Å². The van der Waals surface area contributed by atoms with E-state index in [1.54, 1.807) is 7.11 Å². The minimum absolute atomic E-state index is 0.305. The summed E-state index contributed by atoms with van der Waals surface area (Å²) in [5.41, 5.74) is 1.17. The number of aryl methyl sites for hydroxylation is 1. The van der Waals surface area contributed by atoms with Crippen LogP contribution in [0.4, 0.5) is 0 Å². The topological polar surface area (TPSA) is 29.5 Å². The summed E-state index contributed by atoms with van der Waals surface area (Å²) >= 11 is 0. The summed E-state index contributed by atoms with van der Waals surface area (Å²) in [5.74, 6) is 1.17. The molecule has 1 aromatic carbocycles. The second-order valence-corrected chi connectivity index (χ2v) is 5.50. The van der Waals surface area contributed by atoms with Crippen LogP contribution in [0, 0.1) is 0 Å². The lowest BCUT2D eigenvalue weighted by atomic mass is 9.99. The van der Waals surface area contributed by atoms with Crippen LogP contribution in [0.1, 0.15) is 44.6 Å². The monoisotopic (exact) mass is 275 g/mol. The Morgan fingerprint density at radius 3 is 3.00 bits per heavy atom. The van der Waals surface area contributed by atoms with Gasteiger partial charge in [0.25, 0.3) is 0 Å². The van der Waals surface area contributed by atoms with Gasteiger partial charge in [-0.15, -0.1) is 0 Å². The van der Waals surface area contributed by atoms with Crippen molar-refractivity contribution in [1.29, 1.82) is 0 Å². The molecule has 0 bridgehead atoms. The first-order valence-corrected chi connectivity index (χ1v) is 7.67. The highest BCUT2D eigenvalue weighted by molar-refractivity contribution is 5.77. The molecule has 1 aliphatic rings. The number of hydrogen-bond donors (Lipinski definition) is 0. The van der Waals surface area contributed by atoms with Gasteiger partial charge in [-0.05, 0) is 49.8 Å². The maximum Gasteiger partial charge on any atom is 0.223 e. The fraction of sp³-hybridized carbons (Fsp3) is 0.588. The fourth-order valence-electron chi connectivity index (χ4n) is 2.98. The summed E-state index contributed by atoms with van der Waals surface area (Å²) in [6, 6.07) is 8.45. The van der Waals surface area contributed by atoms with Crippen molar-refractivity contribution in [3.05, 3.63) is 29.8 Å². The predicted octanol–water partition coefficient (Wildman–Crippen LogP) is 3.42. The van der Waals surface area contributed by atoms with E-state index < -0.39 is 0 Å². The number of carbonyl (C=O) groups excluding carboxylic acids is 1. The minimum atomic E-state index is 0.305. The summed E-state index contributed by atoms with van der Waals surface area (Å²) in [5, 5.41) is 0. The van der Waals surface area contributed by atoms with Gasteiger partial charge < -0.3 is 9.64 Å². The van der Waals surface area contributed by atoms with Gasteiger partial charge in [-0.25, -0.2) is 0 Å². The molecule has 3 heteroatoms. The molecule has 1 saturated heterocycles. The number of likely N-dealkylation sites (tertiary alicyclic amines) is 1. The summed E-state index contributed by atoms with van der Waals surface area (Å²) in [6.45, 7) is 3.12. The van der Waals surface area contributed by atoms with E-state index in [0.717, 1.165) is 31.6 Å². The van der Waals surface area contributed by atoms with E-state index in [2.05, 4.69) is 17.9 Å². The van der Waals surface area contributed by atoms with Crippen LogP contribution >= 0.6 is 0 Å². The van der Waals surface area contributed by atoms with Gasteiger partial charge in [0, 0.05) is 19.0 Å². The van der Waals surface area contributed by atoms with Gasteiger partial charge in [0.1, 0.15) is 5.75 Å². The lowest BCUT2D eigenvalue weighted by Crippen LogP contribution is -2.43. The zero-order valence-corrected chi connectivity index (χ0v) is 12.6. The Morgan fingerprint density at radius 1 is 1.40 bits per heavy atom. The number of nitrogens with zero attached hydrogens (tertiary/aromatic N) is 1. The largest absolute Gasteiger partial charge is 0.497 e. The summed E-state index contributed by atoms with van der Waals surface area (Å²) in [6.07, 6.45) is 6.05. The summed E-state index contributed by atoms with van der Waals surface area (Å²) in [4.78, 5) is 14.5. The van der Waals surface area contributed by atoms with Crippen molar-refractivity contribution in [3.63, 3.8) is 0 Å². The molecule has 3 nitrogen and oxygen atoms in total. The van der Waals surface area contributed by atoms with Gasteiger partial charge in [-0.2, -0.15) is 0 Å². The first-order valence-electron chi connectivity index (χ1n) is 7.67. The van der Waals surface area contributed by atoms with Crippen LogP contribution < -0.4 is 4.74 Å². The second kappa shape index (κ2) is 7.32. The lowest BCUT2D eigenvalue weighted by molar-refractivity contribution is -0.134. The molecule has 1 fully saturated rings. The van der Waals surface area contributed by atoms with E-state index in [9.17, 15) is 4.79 Å². The highest BCUT2D eigenvalue weighted by Gasteiger charge is 2.24. The van der Waals surface area contributed by atoms with Crippen molar-refractivity contribution in [2.45, 2.75) is 51.5 Å². The summed E-state index contributed by atoms with van der Waals surface area (Å²) in [7, 11) is 1.67. The van der Waals surface area contributed by atoms with Crippen LogP contribution in [0.5, 0.6) is 5.75 Å². The number of ether oxygens (including phenoxy) is 1. The quantitative estimate of drug-likeness (QED) is 0.824. The summed E-state index contributed by atoms with van der Waals surface area (Å²) < 4.78 is 5.22. The number of piperidine rings is 1. The highest BCUT2D eigenvalue weighted by Crippen LogP contribution is 2.21. The van der Waals surface area contributed by atoms with Gasteiger partial charge in [-0.3, -0.25) is 4.79 Å². The Kier molecular flexibility index (Phi) is 5.45. The normalized spacial score (nSPS) is 18.9. The third kappa shape index (κ3) is 3.75. The number of carbonyl (C=O) groups is 1. The van der Waals surface area contributed by atoms with E-state index in [0.29, 0.717) is 18.4 Å². The maximum absolute atomic E-state index is 12.4. The molecule has 1 aliphatic heterocycles. The van der Waals surface area contributed by atoms with E-state index in [1.807, 2.05) is 18.2 Å². The van der Waals surface area contributed by atoms with Crippen molar-refractivity contribution in [2.24, 2.45) is 0 Å². The fourth-order valence-corrected chi connectivity index (χ4v) is 2.98. The van der Waals surface area contributed by atoms with Crippen LogP contribution in [-0.4, -0.2) is 30.5 Å². The third-order valence-corrected chi connectivity index (χ3v) is 4.18. The van der Waals surface area contributed by atoms with E-state index in [1.165, 1.54) is 18.4 Å². The van der Waals surface area contributed by atoms with E-state index in [4.69, 9.17) is 4.74 Å². The molecule has 0 radical (unpaired) electrons. The van der Waals surface area contributed by atoms with Crippen LogP contribution in [0.15, 0.2) is 24.3 Å². The smallest absolute Gasteiger partial charge is 0.223 e. The predicted molar refractivity (Wildman–Crippen MR) is 81.0 cm³/mol. The molecule has 0 saturated carbocycles. The third-order valence-electron chi connectivity index (χ3n) is 4.18. The highest BCUT2D eigenvalue weighted by atomic mass is 16.5. The van der Waals surface area contributed by atoms with Gasteiger partial charge in [0.05, 0.1) is 7.11 Å². The Bertz CT molecular complexity index is 444. The van der Waals surface area contributed by atoms with Crippen LogP contribution in [-0.2, 0) is 11.2 Å². The average molecular weight is 275 g/mol. The molecule has 1 atom stereocenters. The Balaban J connectivity index is 1.90. The van der Waals surface area contributed by atoms with Crippen molar-refractivity contribution in [1.82, 2.24) is 4.90 Å². The minimum Gasteiger partial charge on any atom is -0.497 e. The molecular formula is C17H25NO2. The number of methoxy groups -OCH3 is 1. The Labute approximate surface area is 121 Å². The van der Waals surface area contributed by atoms with Crippen molar-refractivity contribution in [2.75, 3.05) is 13.7 Å². The van der Waals surface area contributed by atoms with Gasteiger partial charge in [-0.1, -0.05) is 19.1 Å². The molecular weight excluding hydrogens is 250 g/mol. The molecule has 0 N–H and O–H groups in total. The number of amides is 1. The molecule has 0 aromatic heterocycles. The number of rotatable bonds is 5. The first kappa shape index (κ1) is 14.9. The van der Waals surface area contributed by atoms with E-state index >= 15 is 0 Å². The van der Waals surface area contributed by atoms with Crippen molar-refractivity contribution < 1.29 is 9.53 Å². The zero-order chi connectivity index (χ0) is 14.4. The molecule has 1 unspecified atom stereocenters. The van der Waals surface area contributed by atoms with Gasteiger partial charge in [0.2, 0.25) is 5.91 Å². The molecule has 0 aliphatic carbocycles. The molecule has 1 heterocycles. The lowest BCUT2D eigenvalue weighted by Gasteiger charge is -2.35. The average Bonchev–Trinajstić information content (AvgIpc) is 2.52. The van der Waals surface area contributed by atoms with Crippen molar-refractivity contribution >= 4 is 5.91 Å². The Morgan fingerprint density at radius 2 is 2.25 bits per heavy atom. The van der Waals surface area contributed by atoms with Gasteiger partial charge in [0.15, 0.2) is 0 Å². The second-order valence-electron chi connectivity index (χ2n) is 5.50. The molecule has 1 amide bonds. The zero-order valence-electron chi connectivity index (χ0n) is 12.6. The van der Waals surface area contributed by atoms with Crippen LogP contribution in [0.25, 0.3) is 0 Å². The molecule has 20 heavy (non-hydrogen) atoms. The first-order chi connectivity index (χ1) is 9.74. The maximum atomic E-state index is 12.4. The SMILES string of the molecule is CCC1CCCCN1C(=O)CCc1cccc(OC)c1. The molecule has 0 spiro atoms.